The summed E-state index contributed by atoms with van der Waals surface area (Å²) in [5, 5.41) is 0. The predicted octanol–water partition coefficient (Wildman–Crippen LogP) is 3.83. The molecule has 0 bridgehead atoms. The van der Waals surface area contributed by atoms with E-state index in [2.05, 4.69) is 32.0 Å². The van der Waals surface area contributed by atoms with Crippen molar-refractivity contribution in [2.75, 3.05) is 0 Å². The zero-order valence-electron chi connectivity index (χ0n) is 10.8. The van der Waals surface area contributed by atoms with Crippen molar-refractivity contribution >= 4 is 0 Å². The second kappa shape index (κ2) is 7.45. The highest BCUT2D eigenvalue weighted by Gasteiger charge is 2.06. The van der Waals surface area contributed by atoms with Crippen LogP contribution in [0.4, 0.5) is 0 Å². The highest BCUT2D eigenvalue weighted by Crippen LogP contribution is 2.19. The van der Waals surface area contributed by atoms with Crippen molar-refractivity contribution in [3.63, 3.8) is 0 Å². The maximum absolute atomic E-state index is 5.82. The Labute approximate surface area is 100 Å². The van der Waals surface area contributed by atoms with Crippen molar-refractivity contribution < 1.29 is 0 Å². The first-order chi connectivity index (χ1) is 7.83. The summed E-state index contributed by atoms with van der Waals surface area (Å²) in [6, 6.07) is 6.61. The molecule has 0 heterocycles. The van der Waals surface area contributed by atoms with E-state index in [0.717, 1.165) is 0 Å². The monoisotopic (exact) mass is 219 g/mol. The van der Waals surface area contributed by atoms with Crippen molar-refractivity contribution in [2.45, 2.75) is 58.9 Å². The zero-order chi connectivity index (χ0) is 11.8. The molecule has 0 aliphatic carbocycles. The van der Waals surface area contributed by atoms with E-state index >= 15 is 0 Å². The maximum atomic E-state index is 5.82. The van der Waals surface area contributed by atoms with E-state index in [9.17, 15) is 0 Å². The Morgan fingerprint density at radius 1 is 0.938 bits per heavy atom. The average molecular weight is 219 g/mol. The van der Waals surface area contributed by atoms with Gasteiger partial charge in [0.15, 0.2) is 0 Å². The van der Waals surface area contributed by atoms with Gasteiger partial charge < -0.3 is 5.73 Å². The van der Waals surface area contributed by atoms with Crippen LogP contribution in [0.1, 0.15) is 56.2 Å². The lowest BCUT2D eigenvalue weighted by molar-refractivity contribution is 0.750. The Bertz CT molecular complexity index is 304. The standard InChI is InChI=1S/C15H25N/c1-3-5-8-13-9-7-10-14(12-16)15(13)11-6-4-2/h7,9-10H,3-6,8,11-12,16H2,1-2H3. The molecule has 0 saturated carbocycles. The highest BCUT2D eigenvalue weighted by molar-refractivity contribution is 5.35. The largest absolute Gasteiger partial charge is 0.326 e. The van der Waals surface area contributed by atoms with Crippen LogP contribution in [0.2, 0.25) is 0 Å². The molecule has 0 fully saturated rings. The molecule has 1 aromatic carbocycles. The first-order valence-electron chi connectivity index (χ1n) is 6.63. The van der Waals surface area contributed by atoms with Crippen molar-refractivity contribution in [1.82, 2.24) is 0 Å². The van der Waals surface area contributed by atoms with E-state index in [4.69, 9.17) is 5.73 Å². The minimum absolute atomic E-state index is 0.680. The quantitative estimate of drug-likeness (QED) is 0.741. The Morgan fingerprint density at radius 3 is 2.19 bits per heavy atom. The highest BCUT2D eigenvalue weighted by atomic mass is 14.5. The van der Waals surface area contributed by atoms with Gasteiger partial charge in [-0.3, -0.25) is 0 Å². The van der Waals surface area contributed by atoms with E-state index in [1.54, 1.807) is 0 Å². The van der Waals surface area contributed by atoms with Crippen LogP contribution in [0.15, 0.2) is 18.2 Å². The van der Waals surface area contributed by atoms with Crippen LogP contribution in [0, 0.1) is 0 Å². The van der Waals surface area contributed by atoms with Crippen LogP contribution in [0.3, 0.4) is 0 Å². The van der Waals surface area contributed by atoms with Crippen LogP contribution in [-0.4, -0.2) is 0 Å². The molecule has 0 aliphatic heterocycles. The topological polar surface area (TPSA) is 26.0 Å². The Kier molecular flexibility index (Phi) is 6.17. The zero-order valence-corrected chi connectivity index (χ0v) is 10.8. The first kappa shape index (κ1) is 13.2. The molecule has 16 heavy (non-hydrogen) atoms. The molecule has 1 nitrogen and oxygen atoms in total. The van der Waals surface area contributed by atoms with Crippen LogP contribution in [0.5, 0.6) is 0 Å². The number of aryl methyl sites for hydroxylation is 1. The van der Waals surface area contributed by atoms with Crippen molar-refractivity contribution in [3.8, 4) is 0 Å². The van der Waals surface area contributed by atoms with Crippen LogP contribution < -0.4 is 5.73 Å². The van der Waals surface area contributed by atoms with Crippen molar-refractivity contribution in [2.24, 2.45) is 5.73 Å². The molecule has 2 N–H and O–H groups in total. The normalized spacial score (nSPS) is 10.7. The summed E-state index contributed by atoms with van der Waals surface area (Å²) in [7, 11) is 0. The van der Waals surface area contributed by atoms with E-state index < -0.39 is 0 Å². The van der Waals surface area contributed by atoms with Gasteiger partial charge in [-0.05, 0) is 42.4 Å². The number of rotatable bonds is 7. The van der Waals surface area contributed by atoms with Gasteiger partial charge in [0.2, 0.25) is 0 Å². The second-order valence-electron chi connectivity index (χ2n) is 4.47. The second-order valence-corrected chi connectivity index (χ2v) is 4.47. The third-order valence-electron chi connectivity index (χ3n) is 3.17. The molecule has 0 spiro atoms. The summed E-state index contributed by atoms with van der Waals surface area (Å²) in [6.45, 7) is 5.17. The van der Waals surface area contributed by atoms with Gasteiger partial charge in [-0.2, -0.15) is 0 Å². The SMILES string of the molecule is CCCCc1cccc(CN)c1CCCC. The average Bonchev–Trinajstić information content (AvgIpc) is 2.33. The summed E-state index contributed by atoms with van der Waals surface area (Å²) in [6.07, 6.45) is 7.49. The fourth-order valence-corrected chi connectivity index (χ4v) is 2.16. The van der Waals surface area contributed by atoms with Crippen LogP contribution in [0.25, 0.3) is 0 Å². The summed E-state index contributed by atoms with van der Waals surface area (Å²) < 4.78 is 0. The van der Waals surface area contributed by atoms with Gasteiger partial charge in [-0.1, -0.05) is 44.9 Å². The minimum atomic E-state index is 0.680. The molecule has 1 aromatic rings. The molecule has 0 saturated heterocycles. The third-order valence-corrected chi connectivity index (χ3v) is 3.17. The predicted molar refractivity (Wildman–Crippen MR) is 71.6 cm³/mol. The number of hydrogen-bond acceptors (Lipinski definition) is 1. The van der Waals surface area contributed by atoms with E-state index in [0.29, 0.717) is 6.54 Å². The lowest BCUT2D eigenvalue weighted by Crippen LogP contribution is -2.05. The molecule has 0 amide bonds. The molecule has 0 unspecified atom stereocenters. The molecule has 90 valence electrons. The lowest BCUT2D eigenvalue weighted by Gasteiger charge is -2.13. The molecule has 0 radical (unpaired) electrons. The molecule has 1 heteroatoms. The molecule has 0 aromatic heterocycles. The van der Waals surface area contributed by atoms with Crippen molar-refractivity contribution in [3.05, 3.63) is 34.9 Å². The van der Waals surface area contributed by atoms with Gasteiger partial charge in [0.25, 0.3) is 0 Å². The van der Waals surface area contributed by atoms with Gasteiger partial charge >= 0.3 is 0 Å². The molecule has 0 atom stereocenters. The smallest absolute Gasteiger partial charge is 0.0180 e. The van der Waals surface area contributed by atoms with Gasteiger partial charge in [0.1, 0.15) is 0 Å². The van der Waals surface area contributed by atoms with E-state index in [-0.39, 0.29) is 0 Å². The first-order valence-corrected chi connectivity index (χ1v) is 6.63. The van der Waals surface area contributed by atoms with Gasteiger partial charge in [-0.25, -0.2) is 0 Å². The molecular weight excluding hydrogens is 194 g/mol. The molecule has 1 rings (SSSR count). The maximum Gasteiger partial charge on any atom is 0.0180 e. The van der Waals surface area contributed by atoms with Gasteiger partial charge in [-0.15, -0.1) is 0 Å². The fourth-order valence-electron chi connectivity index (χ4n) is 2.16. The van der Waals surface area contributed by atoms with E-state index in [1.807, 2.05) is 0 Å². The third kappa shape index (κ3) is 3.64. The van der Waals surface area contributed by atoms with Crippen LogP contribution >= 0.6 is 0 Å². The summed E-state index contributed by atoms with van der Waals surface area (Å²) in [5.74, 6) is 0. The number of nitrogens with two attached hydrogens (primary N) is 1. The lowest BCUT2D eigenvalue weighted by atomic mass is 9.93. The fraction of sp³-hybridized carbons (Fsp3) is 0.600. The Balaban J connectivity index is 2.86. The summed E-state index contributed by atoms with van der Waals surface area (Å²) >= 11 is 0. The molecular formula is C15H25N. The number of benzene rings is 1. The summed E-state index contributed by atoms with van der Waals surface area (Å²) in [5.41, 5.74) is 10.2. The van der Waals surface area contributed by atoms with Gasteiger partial charge in [0, 0.05) is 6.54 Å². The van der Waals surface area contributed by atoms with Gasteiger partial charge in [0.05, 0.1) is 0 Å². The minimum Gasteiger partial charge on any atom is -0.326 e. The Morgan fingerprint density at radius 2 is 1.56 bits per heavy atom. The van der Waals surface area contributed by atoms with E-state index in [1.165, 1.54) is 55.2 Å². The number of hydrogen-bond donors (Lipinski definition) is 1. The Hall–Kier alpha value is -0.820. The van der Waals surface area contributed by atoms with Crippen molar-refractivity contribution in [1.29, 1.82) is 0 Å². The van der Waals surface area contributed by atoms with Crippen LogP contribution in [-0.2, 0) is 19.4 Å². The number of unbranched alkanes of at least 4 members (excludes halogenated alkanes) is 2. The summed E-state index contributed by atoms with van der Waals surface area (Å²) in [4.78, 5) is 0. The molecule has 0 aliphatic rings.